The van der Waals surface area contributed by atoms with E-state index in [1.54, 1.807) is 19.2 Å². The molecule has 11 heteroatoms. The Bertz CT molecular complexity index is 1140. The van der Waals surface area contributed by atoms with Crippen molar-refractivity contribution in [3.05, 3.63) is 61.9 Å². The largest absolute Gasteiger partial charge is 0.463 e. The number of hydrogen-bond acceptors (Lipinski definition) is 9. The maximum Gasteiger partial charge on any atom is 0.338 e. The minimum atomic E-state index is -0.692. The molecule has 8 nitrogen and oxygen atoms in total. The van der Waals surface area contributed by atoms with E-state index in [4.69, 9.17) is 20.2 Å². The number of halogens is 2. The molecule has 3 aliphatic heterocycles. The Labute approximate surface area is 215 Å². The maximum absolute atomic E-state index is 13.9. The lowest BCUT2D eigenvalue weighted by Crippen LogP contribution is -2.60. The normalized spacial score (nSPS) is 26.8. The Morgan fingerprint density at radius 1 is 1.37 bits per heavy atom. The molecule has 186 valence electrons. The standard InChI is InChI=1S/C24H27BrFN5O3S/c1-2-34-24(32)20-19(10-31-15-8-14(27)9-16(31)12-33-11-15)29-22(23-28-5-6-35-23)30-21(20)17-4-3-13(26)7-18(17)25/h3-7,14-16,21H,2,8-12,27H2,1H3,(H,29,30)/t14?,15-,16+,21-/m0/s1. The predicted molar refractivity (Wildman–Crippen MR) is 135 cm³/mol. The highest BCUT2D eigenvalue weighted by molar-refractivity contribution is 9.10. The molecule has 0 saturated carbocycles. The minimum absolute atomic E-state index is 0.137. The van der Waals surface area contributed by atoms with E-state index >= 15 is 0 Å². The highest BCUT2D eigenvalue weighted by atomic mass is 79.9. The number of rotatable bonds is 6. The number of hydrogen-bond donors (Lipinski definition) is 2. The lowest BCUT2D eigenvalue weighted by molar-refractivity contribution is -0.139. The van der Waals surface area contributed by atoms with Gasteiger partial charge in [0.05, 0.1) is 25.4 Å². The lowest BCUT2D eigenvalue weighted by atomic mass is 9.89. The fourth-order valence-corrected chi connectivity index (χ4v) is 6.19. The van der Waals surface area contributed by atoms with Crippen LogP contribution in [-0.2, 0) is 14.3 Å². The van der Waals surface area contributed by atoms with Crippen molar-refractivity contribution in [2.45, 2.75) is 43.9 Å². The molecule has 35 heavy (non-hydrogen) atoms. The van der Waals surface area contributed by atoms with Gasteiger partial charge in [0.15, 0.2) is 10.8 Å². The van der Waals surface area contributed by atoms with Crippen LogP contribution in [0.5, 0.6) is 0 Å². The second-order valence-electron chi connectivity index (χ2n) is 8.87. The number of morpholine rings is 1. The number of ether oxygens (including phenoxy) is 2. The second-order valence-corrected chi connectivity index (χ2v) is 10.6. The number of nitrogens with two attached hydrogens (primary N) is 1. The Morgan fingerprint density at radius 2 is 2.14 bits per heavy atom. The molecule has 2 aromatic rings. The van der Waals surface area contributed by atoms with Crippen molar-refractivity contribution in [2.75, 3.05) is 26.4 Å². The fraction of sp³-hybridized carbons (Fsp3) is 0.458. The lowest BCUT2D eigenvalue weighted by Gasteiger charge is -2.48. The van der Waals surface area contributed by atoms with Gasteiger partial charge >= 0.3 is 5.97 Å². The zero-order chi connectivity index (χ0) is 24.5. The zero-order valence-electron chi connectivity index (χ0n) is 19.2. The zero-order valence-corrected chi connectivity index (χ0v) is 21.6. The third-order valence-corrected chi connectivity index (χ3v) is 8.03. The molecule has 3 aliphatic rings. The number of thiazole rings is 1. The third-order valence-electron chi connectivity index (χ3n) is 6.56. The second kappa shape index (κ2) is 10.4. The molecule has 4 atom stereocenters. The molecule has 1 aromatic carbocycles. The molecule has 3 N–H and O–H groups in total. The van der Waals surface area contributed by atoms with Crippen LogP contribution >= 0.6 is 27.3 Å². The SMILES string of the molecule is CCOC(=O)C1=C(CN2[C@@H]3COC[C@H]2CC(N)C3)NC(c2nccs2)=N[C@H]1c1ccc(F)cc1Br. The highest BCUT2D eigenvalue weighted by Gasteiger charge is 2.41. The Kier molecular flexibility index (Phi) is 7.31. The average molecular weight is 564 g/mol. The van der Waals surface area contributed by atoms with E-state index in [9.17, 15) is 9.18 Å². The van der Waals surface area contributed by atoms with Gasteiger partial charge < -0.3 is 20.5 Å². The first kappa shape index (κ1) is 24.5. The van der Waals surface area contributed by atoms with E-state index in [-0.39, 0.29) is 30.5 Å². The molecule has 0 amide bonds. The van der Waals surface area contributed by atoms with Gasteiger partial charge in [-0.05, 0) is 37.5 Å². The maximum atomic E-state index is 13.9. The van der Waals surface area contributed by atoms with Gasteiger partial charge in [-0.15, -0.1) is 11.3 Å². The molecule has 4 heterocycles. The first-order valence-electron chi connectivity index (χ1n) is 11.6. The van der Waals surface area contributed by atoms with Crippen LogP contribution in [0.3, 0.4) is 0 Å². The predicted octanol–water partition coefficient (Wildman–Crippen LogP) is 3.14. The number of nitrogens with zero attached hydrogens (tertiary/aromatic N) is 3. The quantitative estimate of drug-likeness (QED) is 0.520. The molecule has 5 rings (SSSR count). The van der Waals surface area contributed by atoms with E-state index in [0.29, 0.717) is 51.9 Å². The summed E-state index contributed by atoms with van der Waals surface area (Å²) in [6, 6.07) is 4.17. The van der Waals surface area contributed by atoms with Crippen LogP contribution in [0.25, 0.3) is 0 Å². The Hall–Kier alpha value is -2.18. The molecule has 0 aliphatic carbocycles. The first-order valence-corrected chi connectivity index (χ1v) is 13.3. The first-order chi connectivity index (χ1) is 16.9. The van der Waals surface area contributed by atoms with Crippen LogP contribution in [-0.4, -0.2) is 66.2 Å². The van der Waals surface area contributed by atoms with Gasteiger partial charge in [0.2, 0.25) is 0 Å². The summed E-state index contributed by atoms with van der Waals surface area (Å²) >= 11 is 4.93. The summed E-state index contributed by atoms with van der Waals surface area (Å²) in [4.78, 5) is 25.0. The number of aliphatic imine (C=N–C) groups is 1. The topological polar surface area (TPSA) is 102 Å². The highest BCUT2D eigenvalue weighted by Crippen LogP contribution is 2.38. The number of carbonyl (C=O) groups is 1. The van der Waals surface area contributed by atoms with Gasteiger partial charge in [-0.2, -0.15) is 0 Å². The molecule has 0 spiro atoms. The van der Waals surface area contributed by atoms with Crippen molar-refractivity contribution in [3.63, 3.8) is 0 Å². The van der Waals surface area contributed by atoms with Gasteiger partial charge in [-0.1, -0.05) is 22.0 Å². The molecular weight excluding hydrogens is 537 g/mol. The number of piperidine rings is 1. The summed E-state index contributed by atoms with van der Waals surface area (Å²) in [6.07, 6.45) is 3.38. The van der Waals surface area contributed by atoms with Crippen LogP contribution in [0.15, 0.2) is 50.5 Å². The molecular formula is C24H27BrFN5O3S. The van der Waals surface area contributed by atoms with Gasteiger partial charge in [0.1, 0.15) is 11.9 Å². The van der Waals surface area contributed by atoms with Gasteiger partial charge in [-0.25, -0.2) is 14.2 Å². The van der Waals surface area contributed by atoms with Crippen LogP contribution in [0.2, 0.25) is 0 Å². The van der Waals surface area contributed by atoms with Crippen LogP contribution < -0.4 is 11.1 Å². The van der Waals surface area contributed by atoms with Crippen LogP contribution in [0, 0.1) is 5.82 Å². The summed E-state index contributed by atoms with van der Waals surface area (Å²) in [6.45, 7) is 3.70. The Balaban J connectivity index is 1.60. The van der Waals surface area contributed by atoms with Crippen molar-refractivity contribution in [3.8, 4) is 0 Å². The van der Waals surface area contributed by atoms with E-state index in [0.717, 1.165) is 12.8 Å². The minimum Gasteiger partial charge on any atom is -0.463 e. The van der Waals surface area contributed by atoms with Crippen LogP contribution in [0.4, 0.5) is 4.39 Å². The van der Waals surface area contributed by atoms with E-state index in [1.165, 1.54) is 23.5 Å². The monoisotopic (exact) mass is 563 g/mol. The van der Waals surface area contributed by atoms with E-state index in [1.807, 2.05) is 5.38 Å². The number of carbonyl (C=O) groups excluding carboxylic acids is 1. The number of nitrogens with one attached hydrogen (secondary N) is 1. The summed E-state index contributed by atoms with van der Waals surface area (Å²) in [5.41, 5.74) is 8.09. The van der Waals surface area contributed by atoms with Crippen molar-refractivity contribution in [1.82, 2.24) is 15.2 Å². The van der Waals surface area contributed by atoms with Gasteiger partial charge in [0.25, 0.3) is 0 Å². The number of aromatic nitrogens is 1. The smallest absolute Gasteiger partial charge is 0.338 e. The van der Waals surface area contributed by atoms with E-state index < -0.39 is 12.0 Å². The van der Waals surface area contributed by atoms with E-state index in [2.05, 4.69) is 31.1 Å². The molecule has 2 bridgehead atoms. The van der Waals surface area contributed by atoms with Crippen molar-refractivity contribution < 1.29 is 18.7 Å². The van der Waals surface area contributed by atoms with Crippen molar-refractivity contribution in [1.29, 1.82) is 0 Å². The van der Waals surface area contributed by atoms with Crippen LogP contribution in [0.1, 0.15) is 36.4 Å². The summed E-state index contributed by atoms with van der Waals surface area (Å²) in [5, 5.41) is 5.98. The molecule has 2 fully saturated rings. The molecule has 0 radical (unpaired) electrons. The average Bonchev–Trinajstić information content (AvgIpc) is 3.34. The van der Waals surface area contributed by atoms with Gasteiger partial charge in [0, 0.05) is 46.4 Å². The molecule has 1 aromatic heterocycles. The number of esters is 1. The third kappa shape index (κ3) is 5.05. The molecule has 2 saturated heterocycles. The number of fused-ring (bicyclic) bond motifs is 2. The summed E-state index contributed by atoms with van der Waals surface area (Å²) in [7, 11) is 0. The fourth-order valence-electron chi connectivity index (χ4n) is 5.04. The number of amidine groups is 1. The van der Waals surface area contributed by atoms with Gasteiger partial charge in [-0.3, -0.25) is 9.89 Å². The number of benzene rings is 1. The summed E-state index contributed by atoms with van der Waals surface area (Å²) < 4.78 is 25.7. The Morgan fingerprint density at radius 3 is 2.80 bits per heavy atom. The van der Waals surface area contributed by atoms with Crippen molar-refractivity contribution >= 4 is 39.1 Å². The summed E-state index contributed by atoms with van der Waals surface area (Å²) in [5.74, 6) is -0.259. The molecule has 1 unspecified atom stereocenters. The van der Waals surface area contributed by atoms with Crippen molar-refractivity contribution in [2.24, 2.45) is 10.7 Å².